The minimum absolute atomic E-state index is 0.216. The lowest BCUT2D eigenvalue weighted by molar-refractivity contribution is -0.184. The Kier molecular flexibility index (Phi) is 4.13. The molecule has 0 aromatic rings. The lowest BCUT2D eigenvalue weighted by Gasteiger charge is -2.43. The number of rotatable bonds is 2. The van der Waals surface area contributed by atoms with E-state index in [9.17, 15) is 0 Å². The molecule has 19 heavy (non-hydrogen) atoms. The Morgan fingerprint density at radius 2 is 1.42 bits per heavy atom. The van der Waals surface area contributed by atoms with Crippen LogP contribution in [0.3, 0.4) is 0 Å². The van der Waals surface area contributed by atoms with E-state index in [1.807, 2.05) is 0 Å². The van der Waals surface area contributed by atoms with E-state index in [0.29, 0.717) is 12.1 Å². The third kappa shape index (κ3) is 2.97. The van der Waals surface area contributed by atoms with Gasteiger partial charge in [0, 0.05) is 31.0 Å². The Labute approximate surface area is 116 Å². The molecular weight excluding hydrogens is 240 g/mol. The van der Waals surface area contributed by atoms with Crippen LogP contribution in [0.5, 0.6) is 0 Å². The minimum Gasteiger partial charge on any atom is -0.348 e. The van der Waals surface area contributed by atoms with Crippen LogP contribution in [0, 0.1) is 0 Å². The first-order chi connectivity index (χ1) is 9.19. The summed E-state index contributed by atoms with van der Waals surface area (Å²) < 4.78 is 11.6. The second-order valence-corrected chi connectivity index (χ2v) is 6.57. The molecule has 3 fully saturated rings. The molecule has 0 amide bonds. The normalized spacial score (nSPS) is 36.2. The van der Waals surface area contributed by atoms with Crippen molar-refractivity contribution in [3.63, 3.8) is 0 Å². The van der Waals surface area contributed by atoms with Crippen LogP contribution in [0.15, 0.2) is 0 Å². The first-order valence-electron chi connectivity index (χ1n) is 7.94. The van der Waals surface area contributed by atoms with Crippen LogP contribution in [0.2, 0.25) is 0 Å². The van der Waals surface area contributed by atoms with Crippen LogP contribution >= 0.6 is 0 Å². The average Bonchev–Trinajstić information content (AvgIpc) is 2.88. The summed E-state index contributed by atoms with van der Waals surface area (Å²) in [5, 5.41) is 0. The summed E-state index contributed by atoms with van der Waals surface area (Å²) in [6, 6.07) is 1.89. The molecule has 3 aliphatic rings. The topological polar surface area (TPSA) is 47.7 Å². The van der Waals surface area contributed by atoms with Gasteiger partial charge in [-0.3, -0.25) is 0 Å². The smallest absolute Gasteiger partial charge is 0.168 e. The van der Waals surface area contributed by atoms with Crippen LogP contribution in [0.25, 0.3) is 0 Å². The Hall–Kier alpha value is -0.160. The SMILES string of the molecule is CN(C1CCC(N)CC1)C1CCC2(CC1)OCCO2. The van der Waals surface area contributed by atoms with Crippen molar-refractivity contribution < 1.29 is 9.47 Å². The van der Waals surface area contributed by atoms with Gasteiger partial charge in [-0.25, -0.2) is 0 Å². The summed E-state index contributed by atoms with van der Waals surface area (Å²) in [7, 11) is 2.31. The van der Waals surface area contributed by atoms with Gasteiger partial charge in [0.2, 0.25) is 0 Å². The summed E-state index contributed by atoms with van der Waals surface area (Å²) in [6.45, 7) is 1.56. The molecule has 2 aliphatic carbocycles. The van der Waals surface area contributed by atoms with Crippen molar-refractivity contribution in [1.29, 1.82) is 0 Å². The summed E-state index contributed by atoms with van der Waals surface area (Å²) >= 11 is 0. The molecule has 110 valence electrons. The standard InChI is InChI=1S/C15H28N2O2/c1-17(13-4-2-12(16)3-5-13)14-6-8-15(9-7-14)18-10-11-19-15/h12-14H,2-11,16H2,1H3. The summed E-state index contributed by atoms with van der Waals surface area (Å²) in [6.07, 6.45) is 9.47. The molecule has 2 N–H and O–H groups in total. The molecule has 4 heteroatoms. The minimum atomic E-state index is -0.216. The van der Waals surface area contributed by atoms with Crippen LogP contribution in [0.4, 0.5) is 0 Å². The highest BCUT2D eigenvalue weighted by Gasteiger charge is 2.41. The molecule has 0 atom stereocenters. The van der Waals surface area contributed by atoms with Gasteiger partial charge >= 0.3 is 0 Å². The van der Waals surface area contributed by atoms with Crippen LogP contribution in [0.1, 0.15) is 51.4 Å². The number of hydrogen-bond donors (Lipinski definition) is 1. The molecule has 1 saturated heterocycles. The molecule has 2 saturated carbocycles. The third-order valence-electron chi connectivity index (χ3n) is 5.42. The van der Waals surface area contributed by atoms with E-state index in [-0.39, 0.29) is 5.79 Å². The van der Waals surface area contributed by atoms with Gasteiger partial charge in [-0.05, 0) is 45.6 Å². The van der Waals surface area contributed by atoms with Gasteiger partial charge in [0.15, 0.2) is 5.79 Å². The second kappa shape index (κ2) is 5.68. The van der Waals surface area contributed by atoms with Crippen molar-refractivity contribution in [3.05, 3.63) is 0 Å². The van der Waals surface area contributed by atoms with Gasteiger partial charge in [0.1, 0.15) is 0 Å². The average molecular weight is 268 g/mol. The lowest BCUT2D eigenvalue weighted by atomic mass is 9.85. The summed E-state index contributed by atoms with van der Waals surface area (Å²) in [4.78, 5) is 2.62. The lowest BCUT2D eigenvalue weighted by Crippen LogP contribution is -2.48. The molecule has 0 radical (unpaired) electrons. The van der Waals surface area contributed by atoms with Crippen molar-refractivity contribution in [2.75, 3.05) is 20.3 Å². The summed E-state index contributed by atoms with van der Waals surface area (Å²) in [5.74, 6) is -0.216. The Balaban J connectivity index is 1.50. The summed E-state index contributed by atoms with van der Waals surface area (Å²) in [5.41, 5.74) is 6.00. The highest BCUT2D eigenvalue weighted by molar-refractivity contribution is 4.89. The van der Waals surface area contributed by atoms with Gasteiger partial charge in [0.25, 0.3) is 0 Å². The highest BCUT2D eigenvalue weighted by atomic mass is 16.7. The molecule has 3 rings (SSSR count). The van der Waals surface area contributed by atoms with E-state index in [0.717, 1.165) is 32.1 Å². The fourth-order valence-electron chi connectivity index (χ4n) is 4.04. The van der Waals surface area contributed by atoms with Gasteiger partial charge < -0.3 is 20.1 Å². The van der Waals surface area contributed by atoms with E-state index in [4.69, 9.17) is 15.2 Å². The Bertz CT molecular complexity index is 287. The number of ether oxygens (including phenoxy) is 2. The molecular formula is C15H28N2O2. The molecule has 0 aromatic heterocycles. The van der Waals surface area contributed by atoms with Crippen molar-refractivity contribution in [3.8, 4) is 0 Å². The molecule has 4 nitrogen and oxygen atoms in total. The molecule has 1 aliphatic heterocycles. The van der Waals surface area contributed by atoms with E-state index < -0.39 is 0 Å². The van der Waals surface area contributed by atoms with E-state index in [2.05, 4.69) is 11.9 Å². The quantitative estimate of drug-likeness (QED) is 0.830. The largest absolute Gasteiger partial charge is 0.348 e. The van der Waals surface area contributed by atoms with E-state index >= 15 is 0 Å². The molecule has 1 heterocycles. The Morgan fingerprint density at radius 1 is 0.895 bits per heavy atom. The number of hydrogen-bond acceptors (Lipinski definition) is 4. The van der Waals surface area contributed by atoms with Gasteiger partial charge in [0.05, 0.1) is 13.2 Å². The first kappa shape index (κ1) is 13.8. The van der Waals surface area contributed by atoms with Crippen LogP contribution < -0.4 is 5.73 Å². The van der Waals surface area contributed by atoms with Gasteiger partial charge in [-0.2, -0.15) is 0 Å². The monoisotopic (exact) mass is 268 g/mol. The molecule has 0 bridgehead atoms. The van der Waals surface area contributed by atoms with Crippen LogP contribution in [-0.4, -0.2) is 49.1 Å². The zero-order valence-electron chi connectivity index (χ0n) is 12.1. The maximum absolute atomic E-state index is 6.00. The first-order valence-corrected chi connectivity index (χ1v) is 7.94. The Morgan fingerprint density at radius 3 is 2.00 bits per heavy atom. The molecule has 0 aromatic carbocycles. The van der Waals surface area contributed by atoms with Gasteiger partial charge in [-0.1, -0.05) is 0 Å². The highest BCUT2D eigenvalue weighted by Crippen LogP contribution is 2.38. The van der Waals surface area contributed by atoms with Crippen molar-refractivity contribution in [1.82, 2.24) is 4.90 Å². The van der Waals surface area contributed by atoms with Crippen molar-refractivity contribution in [2.24, 2.45) is 5.73 Å². The number of nitrogens with two attached hydrogens (primary N) is 1. The van der Waals surface area contributed by atoms with E-state index in [1.165, 1.54) is 38.5 Å². The molecule has 1 spiro atoms. The predicted molar refractivity (Wildman–Crippen MR) is 74.9 cm³/mol. The third-order valence-corrected chi connectivity index (χ3v) is 5.42. The fraction of sp³-hybridized carbons (Fsp3) is 1.00. The zero-order valence-corrected chi connectivity index (χ0v) is 12.1. The van der Waals surface area contributed by atoms with Crippen molar-refractivity contribution in [2.45, 2.75) is 75.3 Å². The molecule has 0 unspecified atom stereocenters. The zero-order chi connectivity index (χ0) is 13.3. The maximum atomic E-state index is 6.00. The van der Waals surface area contributed by atoms with Crippen molar-refractivity contribution >= 4 is 0 Å². The predicted octanol–water partition coefficient (Wildman–Crippen LogP) is 1.87. The fourth-order valence-corrected chi connectivity index (χ4v) is 4.04. The second-order valence-electron chi connectivity index (χ2n) is 6.57. The van der Waals surface area contributed by atoms with Gasteiger partial charge in [-0.15, -0.1) is 0 Å². The maximum Gasteiger partial charge on any atom is 0.168 e. The van der Waals surface area contributed by atoms with Crippen LogP contribution in [-0.2, 0) is 9.47 Å². The van der Waals surface area contributed by atoms with E-state index in [1.54, 1.807) is 0 Å². The number of nitrogens with zero attached hydrogens (tertiary/aromatic N) is 1.